The van der Waals surface area contributed by atoms with E-state index in [9.17, 15) is 21.6 Å². The van der Waals surface area contributed by atoms with Crippen molar-refractivity contribution in [3.8, 4) is 11.5 Å². The Bertz CT molecular complexity index is 1180. The van der Waals surface area contributed by atoms with Crippen molar-refractivity contribution in [1.82, 2.24) is 9.62 Å². The van der Waals surface area contributed by atoms with Crippen LogP contribution in [0.3, 0.4) is 0 Å². The molecule has 0 radical (unpaired) electrons. The van der Waals surface area contributed by atoms with Crippen molar-refractivity contribution in [2.24, 2.45) is 5.14 Å². The monoisotopic (exact) mass is 485 g/mol. The number of nitrogens with one attached hydrogen (secondary N) is 1. The fourth-order valence-electron chi connectivity index (χ4n) is 2.93. The van der Waals surface area contributed by atoms with E-state index in [0.717, 1.165) is 0 Å². The van der Waals surface area contributed by atoms with Gasteiger partial charge in [-0.25, -0.2) is 26.7 Å². The normalized spacial score (nSPS) is 12.8. The molecule has 1 atom stereocenters. The van der Waals surface area contributed by atoms with E-state index in [4.69, 9.17) is 14.6 Å². The summed E-state index contributed by atoms with van der Waals surface area (Å²) in [4.78, 5) is 13.9. The summed E-state index contributed by atoms with van der Waals surface area (Å²) >= 11 is 0. The first-order chi connectivity index (χ1) is 14.9. The van der Waals surface area contributed by atoms with Crippen LogP contribution in [-0.2, 0) is 24.8 Å². The van der Waals surface area contributed by atoms with E-state index in [2.05, 4.69) is 4.72 Å². The first-order valence-electron chi connectivity index (χ1n) is 9.51. The number of carbonyl (C=O) groups excluding carboxylic acids is 1. The number of amides is 1. The standard InChI is InChI=1S/C20H27N3O7S2/c1-14(15-6-5-7-16(12-15)31(21,25)26)23(2)20(24)10-11-22-32(27,28)17-8-9-18(29-3)19(13-17)30-4/h5-9,12-14,22H,10-11H2,1-4H3,(H2,21,25,26). The number of carbonyl (C=O) groups is 1. The average molecular weight is 486 g/mol. The summed E-state index contributed by atoms with van der Waals surface area (Å²) in [5.41, 5.74) is 0.582. The minimum Gasteiger partial charge on any atom is -0.493 e. The minimum absolute atomic E-state index is 0.0240. The molecule has 10 nitrogen and oxygen atoms in total. The summed E-state index contributed by atoms with van der Waals surface area (Å²) in [7, 11) is -3.34. The van der Waals surface area contributed by atoms with Crippen LogP contribution in [0, 0.1) is 0 Å². The molecule has 32 heavy (non-hydrogen) atoms. The maximum atomic E-state index is 12.6. The second-order valence-electron chi connectivity index (χ2n) is 6.96. The first-order valence-corrected chi connectivity index (χ1v) is 12.5. The smallest absolute Gasteiger partial charge is 0.240 e. The van der Waals surface area contributed by atoms with Crippen LogP contribution in [0.2, 0.25) is 0 Å². The van der Waals surface area contributed by atoms with Gasteiger partial charge in [-0.05, 0) is 36.8 Å². The molecule has 2 aromatic carbocycles. The van der Waals surface area contributed by atoms with E-state index in [-0.39, 0.29) is 34.4 Å². The molecule has 0 aromatic heterocycles. The van der Waals surface area contributed by atoms with Gasteiger partial charge in [0.1, 0.15) is 0 Å². The number of hydrogen-bond acceptors (Lipinski definition) is 7. The van der Waals surface area contributed by atoms with Crippen LogP contribution in [0.4, 0.5) is 0 Å². The summed E-state index contributed by atoms with van der Waals surface area (Å²) < 4.78 is 60.8. The third-order valence-corrected chi connectivity index (χ3v) is 7.31. The van der Waals surface area contributed by atoms with Crippen LogP contribution >= 0.6 is 0 Å². The molecule has 0 aliphatic heterocycles. The molecule has 2 aromatic rings. The second kappa shape index (κ2) is 10.3. The fraction of sp³-hybridized carbons (Fsp3) is 0.350. The second-order valence-corrected chi connectivity index (χ2v) is 10.3. The quantitative estimate of drug-likeness (QED) is 0.515. The van der Waals surface area contributed by atoms with E-state index in [1.165, 1.54) is 49.5 Å². The average Bonchev–Trinajstić information content (AvgIpc) is 2.76. The Morgan fingerprint density at radius 2 is 1.69 bits per heavy atom. The lowest BCUT2D eigenvalue weighted by atomic mass is 10.1. The van der Waals surface area contributed by atoms with Gasteiger partial charge in [-0.2, -0.15) is 0 Å². The van der Waals surface area contributed by atoms with Crippen LogP contribution in [-0.4, -0.2) is 55.5 Å². The highest BCUT2D eigenvalue weighted by Crippen LogP contribution is 2.29. The molecule has 0 fully saturated rings. The molecule has 176 valence electrons. The lowest BCUT2D eigenvalue weighted by Crippen LogP contribution is -2.33. The summed E-state index contributed by atoms with van der Waals surface area (Å²) in [6, 6.07) is 9.73. The topological polar surface area (TPSA) is 145 Å². The van der Waals surface area contributed by atoms with Crippen LogP contribution in [0.15, 0.2) is 52.3 Å². The molecule has 0 aliphatic carbocycles. The highest BCUT2D eigenvalue weighted by atomic mass is 32.2. The Morgan fingerprint density at radius 3 is 2.28 bits per heavy atom. The zero-order chi connectivity index (χ0) is 24.1. The molecule has 0 bridgehead atoms. The molecule has 0 heterocycles. The minimum atomic E-state index is -3.87. The number of nitrogens with two attached hydrogens (primary N) is 1. The van der Waals surface area contributed by atoms with Crippen LogP contribution in [0.1, 0.15) is 24.9 Å². The lowest BCUT2D eigenvalue weighted by Gasteiger charge is -2.25. The number of rotatable bonds is 10. The Morgan fingerprint density at radius 1 is 1.03 bits per heavy atom. The Labute approximate surface area is 188 Å². The van der Waals surface area contributed by atoms with Crippen LogP contribution in [0.5, 0.6) is 11.5 Å². The summed E-state index contributed by atoms with van der Waals surface area (Å²) in [5, 5.41) is 5.16. The highest BCUT2D eigenvalue weighted by Gasteiger charge is 2.21. The molecule has 0 saturated heterocycles. The Kier molecular flexibility index (Phi) is 8.24. The van der Waals surface area contributed by atoms with E-state index >= 15 is 0 Å². The highest BCUT2D eigenvalue weighted by molar-refractivity contribution is 7.89. The van der Waals surface area contributed by atoms with Gasteiger partial charge in [-0.3, -0.25) is 4.79 Å². The molecule has 1 amide bonds. The number of methoxy groups -OCH3 is 2. The molecular formula is C20H27N3O7S2. The van der Waals surface area contributed by atoms with Crippen LogP contribution < -0.4 is 19.3 Å². The number of sulfonamides is 2. The molecule has 0 aliphatic rings. The fourth-order valence-corrected chi connectivity index (χ4v) is 4.54. The van der Waals surface area contributed by atoms with E-state index < -0.39 is 26.1 Å². The molecule has 2 rings (SSSR count). The molecular weight excluding hydrogens is 458 g/mol. The third kappa shape index (κ3) is 6.19. The van der Waals surface area contributed by atoms with Gasteiger partial charge in [0, 0.05) is 26.1 Å². The number of benzene rings is 2. The molecule has 3 N–H and O–H groups in total. The van der Waals surface area contributed by atoms with Gasteiger partial charge < -0.3 is 14.4 Å². The lowest BCUT2D eigenvalue weighted by molar-refractivity contribution is -0.131. The Balaban J connectivity index is 2.03. The molecule has 0 spiro atoms. The number of ether oxygens (including phenoxy) is 2. The Hall–Kier alpha value is -2.67. The van der Waals surface area contributed by atoms with Gasteiger partial charge in [0.15, 0.2) is 11.5 Å². The van der Waals surface area contributed by atoms with Crippen LogP contribution in [0.25, 0.3) is 0 Å². The van der Waals surface area contributed by atoms with E-state index in [0.29, 0.717) is 11.3 Å². The zero-order valence-corrected chi connectivity index (χ0v) is 19.9. The van der Waals surface area contributed by atoms with E-state index in [1.807, 2.05) is 0 Å². The molecule has 1 unspecified atom stereocenters. The first kappa shape index (κ1) is 25.6. The van der Waals surface area contributed by atoms with Crippen molar-refractivity contribution >= 4 is 26.0 Å². The van der Waals surface area contributed by atoms with Gasteiger partial charge >= 0.3 is 0 Å². The van der Waals surface area contributed by atoms with Gasteiger partial charge in [0.05, 0.1) is 30.1 Å². The molecule has 0 saturated carbocycles. The number of primary sulfonamides is 1. The maximum Gasteiger partial charge on any atom is 0.240 e. The number of hydrogen-bond donors (Lipinski definition) is 2. The zero-order valence-electron chi connectivity index (χ0n) is 18.2. The number of nitrogens with zero attached hydrogens (tertiary/aromatic N) is 1. The van der Waals surface area contributed by atoms with Crippen molar-refractivity contribution in [3.05, 3.63) is 48.0 Å². The van der Waals surface area contributed by atoms with Crippen molar-refractivity contribution in [3.63, 3.8) is 0 Å². The predicted molar refractivity (Wildman–Crippen MR) is 118 cm³/mol. The maximum absolute atomic E-state index is 12.6. The third-order valence-electron chi connectivity index (χ3n) is 4.94. The van der Waals surface area contributed by atoms with Gasteiger partial charge in [-0.1, -0.05) is 12.1 Å². The van der Waals surface area contributed by atoms with Gasteiger partial charge in [0.2, 0.25) is 26.0 Å². The van der Waals surface area contributed by atoms with Gasteiger partial charge in [-0.15, -0.1) is 0 Å². The molecule has 12 heteroatoms. The van der Waals surface area contributed by atoms with E-state index in [1.54, 1.807) is 26.1 Å². The van der Waals surface area contributed by atoms with Crippen molar-refractivity contribution in [2.45, 2.75) is 29.2 Å². The van der Waals surface area contributed by atoms with Crippen molar-refractivity contribution < 1.29 is 31.1 Å². The predicted octanol–water partition coefficient (Wildman–Crippen LogP) is 1.24. The van der Waals surface area contributed by atoms with Crippen molar-refractivity contribution in [2.75, 3.05) is 27.8 Å². The largest absolute Gasteiger partial charge is 0.493 e. The summed E-state index contributed by atoms with van der Waals surface area (Å²) in [6.07, 6.45) is -0.0950. The summed E-state index contributed by atoms with van der Waals surface area (Å²) in [6.45, 7) is 1.61. The van der Waals surface area contributed by atoms with Crippen molar-refractivity contribution in [1.29, 1.82) is 0 Å². The summed E-state index contributed by atoms with van der Waals surface area (Å²) in [5.74, 6) is 0.332. The SMILES string of the molecule is COc1ccc(S(=O)(=O)NCCC(=O)N(C)C(C)c2cccc(S(N)(=O)=O)c2)cc1OC. The van der Waals surface area contributed by atoms with Gasteiger partial charge in [0.25, 0.3) is 0 Å².